The summed E-state index contributed by atoms with van der Waals surface area (Å²) in [4.78, 5) is 13.5. The molecule has 5 nitrogen and oxygen atoms in total. The van der Waals surface area contributed by atoms with Crippen LogP contribution in [0.25, 0.3) is 6.08 Å². The number of carboxylic acids is 1. The summed E-state index contributed by atoms with van der Waals surface area (Å²) in [5.74, 6) is -0.488. The smallest absolute Gasteiger partial charge is 0.304 e. The Labute approximate surface area is 206 Å². The lowest BCUT2D eigenvalue weighted by atomic mass is 9.92. The molecule has 0 bridgehead atoms. The van der Waals surface area contributed by atoms with Gasteiger partial charge in [0.1, 0.15) is 18.6 Å². The summed E-state index contributed by atoms with van der Waals surface area (Å²) >= 11 is 1.69. The van der Waals surface area contributed by atoms with Gasteiger partial charge in [-0.25, -0.2) is 0 Å². The monoisotopic (exact) mass is 481 g/mol. The third kappa shape index (κ3) is 9.79. The fourth-order valence-corrected chi connectivity index (χ4v) is 4.22. The molecule has 3 rings (SSSR count). The molecule has 34 heavy (non-hydrogen) atoms. The highest BCUT2D eigenvalue weighted by molar-refractivity contribution is 7.12. The summed E-state index contributed by atoms with van der Waals surface area (Å²) in [6, 6.07) is 13.3. The van der Waals surface area contributed by atoms with Crippen LogP contribution in [0.15, 0.2) is 71.5 Å². The van der Waals surface area contributed by atoms with E-state index < -0.39 is 5.97 Å². The van der Waals surface area contributed by atoms with Gasteiger partial charge in [-0.15, -0.1) is 11.3 Å². The first-order valence-electron chi connectivity index (χ1n) is 11.7. The van der Waals surface area contributed by atoms with Crippen LogP contribution in [0.4, 0.5) is 0 Å². The molecule has 0 aliphatic rings. The van der Waals surface area contributed by atoms with Crippen LogP contribution >= 0.6 is 11.3 Å². The minimum absolute atomic E-state index is 0.0460. The SMILES string of the molecule is C/C=C/c1ccc(COc2ccc(C(CC(=O)O)c3ccon3)cc2)s1.C/C=C\CCCCC. The van der Waals surface area contributed by atoms with E-state index in [1.165, 1.54) is 36.8 Å². The van der Waals surface area contributed by atoms with Gasteiger partial charge in [-0.1, -0.05) is 55.3 Å². The van der Waals surface area contributed by atoms with E-state index in [-0.39, 0.29) is 12.3 Å². The molecule has 0 aliphatic heterocycles. The van der Waals surface area contributed by atoms with Gasteiger partial charge in [0.2, 0.25) is 0 Å². The summed E-state index contributed by atoms with van der Waals surface area (Å²) in [6.07, 6.45) is 15.2. The van der Waals surface area contributed by atoms with E-state index >= 15 is 0 Å². The molecule has 2 aromatic heterocycles. The van der Waals surface area contributed by atoms with Crippen molar-refractivity contribution in [2.45, 2.75) is 65.4 Å². The maximum Gasteiger partial charge on any atom is 0.304 e. The number of allylic oxidation sites excluding steroid dienone is 3. The van der Waals surface area contributed by atoms with Crippen LogP contribution in [-0.2, 0) is 11.4 Å². The molecule has 0 aliphatic carbocycles. The van der Waals surface area contributed by atoms with Crippen LogP contribution in [0.1, 0.15) is 79.8 Å². The number of benzene rings is 1. The van der Waals surface area contributed by atoms with Gasteiger partial charge in [0.15, 0.2) is 0 Å². The first kappa shape index (κ1) is 27.1. The van der Waals surface area contributed by atoms with E-state index in [1.54, 1.807) is 17.4 Å². The molecule has 0 saturated carbocycles. The van der Waals surface area contributed by atoms with Crippen molar-refractivity contribution in [1.29, 1.82) is 0 Å². The fraction of sp³-hybridized carbons (Fsp3) is 0.357. The van der Waals surface area contributed by atoms with Crippen molar-refractivity contribution in [3.05, 3.63) is 88.0 Å². The highest BCUT2D eigenvalue weighted by Crippen LogP contribution is 2.29. The third-order valence-electron chi connectivity index (χ3n) is 5.08. The lowest BCUT2D eigenvalue weighted by Gasteiger charge is -2.13. The molecule has 1 aromatic carbocycles. The van der Waals surface area contributed by atoms with Crippen LogP contribution in [0.2, 0.25) is 0 Å². The number of unbranched alkanes of at least 4 members (excludes halogenated alkanes) is 3. The fourth-order valence-electron chi connectivity index (χ4n) is 3.33. The lowest BCUT2D eigenvalue weighted by molar-refractivity contribution is -0.137. The van der Waals surface area contributed by atoms with Gasteiger partial charge in [-0.05, 0) is 62.6 Å². The normalized spacial score (nSPS) is 12.0. The Morgan fingerprint density at radius 2 is 1.91 bits per heavy atom. The molecular weight excluding hydrogens is 446 g/mol. The topological polar surface area (TPSA) is 72.6 Å². The highest BCUT2D eigenvalue weighted by Gasteiger charge is 2.20. The van der Waals surface area contributed by atoms with Crippen molar-refractivity contribution >= 4 is 23.4 Å². The van der Waals surface area contributed by atoms with Crippen LogP contribution in [0.5, 0.6) is 5.75 Å². The molecule has 1 unspecified atom stereocenters. The van der Waals surface area contributed by atoms with Crippen molar-refractivity contribution in [2.24, 2.45) is 0 Å². The quantitative estimate of drug-likeness (QED) is 0.209. The molecule has 2 heterocycles. The summed E-state index contributed by atoms with van der Waals surface area (Å²) in [7, 11) is 0. The maximum absolute atomic E-state index is 11.2. The first-order valence-corrected chi connectivity index (χ1v) is 12.6. The Morgan fingerprint density at radius 1 is 1.12 bits per heavy atom. The van der Waals surface area contributed by atoms with E-state index in [9.17, 15) is 4.79 Å². The number of carbonyl (C=O) groups is 1. The van der Waals surface area contributed by atoms with E-state index in [0.29, 0.717) is 12.3 Å². The molecule has 6 heteroatoms. The lowest BCUT2D eigenvalue weighted by Crippen LogP contribution is -2.08. The molecule has 0 saturated heterocycles. The van der Waals surface area contributed by atoms with Crippen LogP contribution in [-0.4, -0.2) is 16.2 Å². The van der Waals surface area contributed by atoms with Gasteiger partial charge in [0, 0.05) is 21.7 Å². The minimum Gasteiger partial charge on any atom is -0.488 e. The zero-order valence-electron chi connectivity index (χ0n) is 20.3. The Balaban J connectivity index is 0.000000440. The average molecular weight is 482 g/mol. The number of carboxylic acid groups (broad SMARTS) is 1. The van der Waals surface area contributed by atoms with Gasteiger partial charge in [0.05, 0.1) is 12.1 Å². The standard InChI is InChI=1S/C20H19NO4S.C8H16/c1-2-3-16-8-9-17(26-16)13-24-15-6-4-14(5-7-15)18(12-20(22)23)19-10-11-25-21-19;1-3-5-7-8-6-4-2/h2-11,18H,12-13H2,1H3,(H,22,23);3,5H,4,6-8H2,1-2H3/b3-2+;5-3-. The first-order chi connectivity index (χ1) is 16.6. The van der Waals surface area contributed by atoms with E-state index in [2.05, 4.69) is 49.4 Å². The second kappa shape index (κ2) is 15.7. The number of hydrogen-bond acceptors (Lipinski definition) is 5. The molecule has 0 fully saturated rings. The summed E-state index contributed by atoms with van der Waals surface area (Å²) in [5, 5.41) is 13.1. The minimum atomic E-state index is -0.882. The Kier molecular flexibility index (Phi) is 12.5. The van der Waals surface area contributed by atoms with Gasteiger partial charge in [0.25, 0.3) is 0 Å². The van der Waals surface area contributed by atoms with Crippen molar-refractivity contribution in [2.75, 3.05) is 0 Å². The van der Waals surface area contributed by atoms with Crippen LogP contribution in [0.3, 0.4) is 0 Å². The molecule has 0 amide bonds. The van der Waals surface area contributed by atoms with Gasteiger partial charge >= 0.3 is 5.97 Å². The molecule has 0 spiro atoms. The number of aromatic nitrogens is 1. The summed E-state index contributed by atoms with van der Waals surface area (Å²) in [5.41, 5.74) is 1.47. The third-order valence-corrected chi connectivity index (χ3v) is 6.10. The Bertz CT molecular complexity index is 1000. The van der Waals surface area contributed by atoms with E-state index in [1.807, 2.05) is 37.3 Å². The second-order valence-electron chi connectivity index (χ2n) is 7.80. The Morgan fingerprint density at radius 3 is 2.53 bits per heavy atom. The molecule has 0 radical (unpaired) electrons. The Hall–Kier alpha value is -3.12. The number of rotatable bonds is 12. The van der Waals surface area contributed by atoms with Crippen LogP contribution < -0.4 is 4.74 Å². The predicted octanol–water partition coefficient (Wildman–Crippen LogP) is 8.10. The summed E-state index contributed by atoms with van der Waals surface area (Å²) < 4.78 is 10.7. The van der Waals surface area contributed by atoms with E-state index in [0.717, 1.165) is 16.2 Å². The van der Waals surface area contributed by atoms with E-state index in [4.69, 9.17) is 14.4 Å². The number of nitrogens with zero attached hydrogens (tertiary/aromatic N) is 1. The largest absolute Gasteiger partial charge is 0.488 e. The molecule has 1 atom stereocenters. The molecule has 182 valence electrons. The van der Waals surface area contributed by atoms with Gasteiger partial charge < -0.3 is 14.4 Å². The zero-order valence-corrected chi connectivity index (χ0v) is 21.1. The van der Waals surface area contributed by atoms with Crippen molar-refractivity contribution < 1.29 is 19.2 Å². The van der Waals surface area contributed by atoms with Crippen molar-refractivity contribution in [1.82, 2.24) is 5.16 Å². The van der Waals surface area contributed by atoms with Gasteiger partial charge in [-0.3, -0.25) is 4.79 Å². The maximum atomic E-state index is 11.2. The van der Waals surface area contributed by atoms with Crippen LogP contribution in [0, 0.1) is 0 Å². The number of ether oxygens (including phenoxy) is 1. The molecular formula is C28H35NO4S. The molecule has 1 N–H and O–H groups in total. The van der Waals surface area contributed by atoms with Crippen molar-refractivity contribution in [3.63, 3.8) is 0 Å². The number of thiophene rings is 1. The second-order valence-corrected chi connectivity index (χ2v) is 9.00. The predicted molar refractivity (Wildman–Crippen MR) is 139 cm³/mol. The van der Waals surface area contributed by atoms with Crippen molar-refractivity contribution in [3.8, 4) is 5.75 Å². The summed E-state index contributed by atoms with van der Waals surface area (Å²) in [6.45, 7) is 6.80. The van der Waals surface area contributed by atoms with Gasteiger partial charge in [-0.2, -0.15) is 0 Å². The average Bonchev–Trinajstić information content (AvgIpc) is 3.53. The number of aliphatic carboxylic acids is 1. The highest BCUT2D eigenvalue weighted by atomic mass is 32.1. The molecule has 3 aromatic rings. The number of hydrogen-bond donors (Lipinski definition) is 1. The zero-order chi connectivity index (χ0) is 24.6.